The minimum atomic E-state index is -0.205. The zero-order valence-corrected chi connectivity index (χ0v) is 18.4. The number of hydrogen-bond acceptors (Lipinski definition) is 5. The molecule has 0 aliphatic carbocycles. The van der Waals surface area contributed by atoms with Gasteiger partial charge in [-0.1, -0.05) is 0 Å². The summed E-state index contributed by atoms with van der Waals surface area (Å²) in [5.41, 5.74) is 0. The standard InChI is InChI=1S/C21H40N6O2/c1-3-22-21(23-8-4-5-9-25-12-10-24(2)11-13-25)27-16-14-26(15-17-27)20(28)19-7-6-18-29-19/h19H,3-18H2,1-2H3,(H,22,23). The first-order chi connectivity index (χ1) is 14.2. The van der Waals surface area contributed by atoms with Crippen LogP contribution in [0.2, 0.25) is 0 Å². The van der Waals surface area contributed by atoms with Gasteiger partial charge < -0.3 is 29.7 Å². The van der Waals surface area contributed by atoms with Gasteiger partial charge in [0.1, 0.15) is 6.10 Å². The van der Waals surface area contributed by atoms with Gasteiger partial charge in [-0.05, 0) is 46.2 Å². The molecular formula is C21H40N6O2. The first-order valence-electron chi connectivity index (χ1n) is 11.5. The van der Waals surface area contributed by atoms with Crippen molar-refractivity contribution in [2.45, 2.75) is 38.7 Å². The van der Waals surface area contributed by atoms with E-state index in [2.05, 4.69) is 34.0 Å². The van der Waals surface area contributed by atoms with Crippen molar-refractivity contribution in [2.75, 3.05) is 85.6 Å². The smallest absolute Gasteiger partial charge is 0.251 e. The molecule has 3 aliphatic rings. The summed E-state index contributed by atoms with van der Waals surface area (Å²) in [5, 5.41) is 3.43. The van der Waals surface area contributed by atoms with Gasteiger partial charge in [0.25, 0.3) is 5.91 Å². The van der Waals surface area contributed by atoms with Crippen molar-refractivity contribution in [1.82, 2.24) is 24.9 Å². The van der Waals surface area contributed by atoms with E-state index in [1.54, 1.807) is 0 Å². The number of hydrogen-bond donors (Lipinski definition) is 1. The number of nitrogens with zero attached hydrogens (tertiary/aromatic N) is 5. The monoisotopic (exact) mass is 408 g/mol. The number of amides is 1. The van der Waals surface area contributed by atoms with E-state index >= 15 is 0 Å². The first kappa shape index (κ1) is 22.3. The summed E-state index contributed by atoms with van der Waals surface area (Å²) in [6, 6.07) is 0. The molecule has 0 bridgehead atoms. The predicted molar refractivity (Wildman–Crippen MR) is 116 cm³/mol. The van der Waals surface area contributed by atoms with Crippen molar-refractivity contribution in [3.63, 3.8) is 0 Å². The third-order valence-electron chi connectivity index (χ3n) is 6.17. The molecule has 0 spiro atoms. The van der Waals surface area contributed by atoms with Crippen LogP contribution in [0.3, 0.4) is 0 Å². The second kappa shape index (κ2) is 11.7. The summed E-state index contributed by atoms with van der Waals surface area (Å²) >= 11 is 0. The summed E-state index contributed by atoms with van der Waals surface area (Å²) in [5.74, 6) is 1.17. The second-order valence-electron chi connectivity index (χ2n) is 8.40. The van der Waals surface area contributed by atoms with Crippen LogP contribution in [0.25, 0.3) is 0 Å². The van der Waals surface area contributed by atoms with Crippen molar-refractivity contribution < 1.29 is 9.53 Å². The summed E-state index contributed by atoms with van der Waals surface area (Å²) < 4.78 is 5.56. The largest absolute Gasteiger partial charge is 0.368 e. The highest BCUT2D eigenvalue weighted by atomic mass is 16.5. The molecule has 0 radical (unpaired) electrons. The van der Waals surface area contributed by atoms with Gasteiger partial charge in [-0.15, -0.1) is 0 Å². The third kappa shape index (κ3) is 6.83. The Kier molecular flexibility index (Phi) is 9.01. The highest BCUT2D eigenvalue weighted by molar-refractivity contribution is 5.82. The Morgan fingerprint density at radius 1 is 1.03 bits per heavy atom. The van der Waals surface area contributed by atoms with Crippen molar-refractivity contribution in [3.05, 3.63) is 0 Å². The van der Waals surface area contributed by atoms with Crippen molar-refractivity contribution in [2.24, 2.45) is 4.99 Å². The zero-order chi connectivity index (χ0) is 20.5. The van der Waals surface area contributed by atoms with Crippen LogP contribution in [0.15, 0.2) is 4.99 Å². The highest BCUT2D eigenvalue weighted by Gasteiger charge is 2.30. The molecule has 0 saturated carbocycles. The van der Waals surface area contributed by atoms with E-state index in [0.717, 1.165) is 71.1 Å². The number of nitrogens with one attached hydrogen (secondary N) is 1. The second-order valence-corrected chi connectivity index (χ2v) is 8.40. The zero-order valence-electron chi connectivity index (χ0n) is 18.4. The average Bonchev–Trinajstić information content (AvgIpc) is 3.29. The van der Waals surface area contributed by atoms with Crippen LogP contribution in [-0.4, -0.2) is 123 Å². The lowest BCUT2D eigenvalue weighted by atomic mass is 10.2. The fraction of sp³-hybridized carbons (Fsp3) is 0.905. The fourth-order valence-electron chi connectivity index (χ4n) is 4.24. The van der Waals surface area contributed by atoms with Crippen LogP contribution in [0.4, 0.5) is 0 Å². The predicted octanol–water partition coefficient (Wildman–Crippen LogP) is 0.303. The van der Waals surface area contributed by atoms with Crippen LogP contribution in [-0.2, 0) is 9.53 Å². The molecule has 1 amide bonds. The molecule has 1 unspecified atom stereocenters. The van der Waals surface area contributed by atoms with Crippen LogP contribution in [0, 0.1) is 0 Å². The van der Waals surface area contributed by atoms with Crippen LogP contribution >= 0.6 is 0 Å². The van der Waals surface area contributed by atoms with Crippen LogP contribution < -0.4 is 5.32 Å². The molecule has 8 heteroatoms. The Balaban J connectivity index is 1.37. The number of ether oxygens (including phenoxy) is 1. The molecule has 0 aromatic rings. The molecule has 29 heavy (non-hydrogen) atoms. The molecule has 3 aliphatic heterocycles. The van der Waals surface area contributed by atoms with Gasteiger partial charge >= 0.3 is 0 Å². The Labute approximate surface area is 176 Å². The normalized spacial score (nSPS) is 24.9. The minimum Gasteiger partial charge on any atom is -0.368 e. The lowest BCUT2D eigenvalue weighted by molar-refractivity contribution is -0.142. The maximum atomic E-state index is 12.5. The molecule has 0 aromatic carbocycles. The summed E-state index contributed by atoms with van der Waals surface area (Å²) in [6.45, 7) is 13.7. The molecule has 3 heterocycles. The molecular weight excluding hydrogens is 368 g/mol. The lowest BCUT2D eigenvalue weighted by Crippen LogP contribution is -2.55. The number of guanidine groups is 1. The SMILES string of the molecule is CCNC(=NCCCCN1CCN(C)CC1)N1CCN(C(=O)C2CCCO2)CC1. The van der Waals surface area contributed by atoms with Gasteiger partial charge in [-0.2, -0.15) is 0 Å². The summed E-state index contributed by atoms with van der Waals surface area (Å²) in [4.78, 5) is 26.6. The Bertz CT molecular complexity index is 521. The third-order valence-corrected chi connectivity index (χ3v) is 6.17. The molecule has 166 valence electrons. The quantitative estimate of drug-likeness (QED) is 0.371. The summed E-state index contributed by atoms with van der Waals surface area (Å²) in [7, 11) is 2.20. The number of aliphatic imine (C=N–C) groups is 1. The van der Waals surface area contributed by atoms with Crippen molar-refractivity contribution in [1.29, 1.82) is 0 Å². The maximum absolute atomic E-state index is 12.5. The molecule has 8 nitrogen and oxygen atoms in total. The Morgan fingerprint density at radius 3 is 2.41 bits per heavy atom. The van der Waals surface area contributed by atoms with E-state index in [1.807, 2.05) is 4.90 Å². The highest BCUT2D eigenvalue weighted by Crippen LogP contribution is 2.16. The lowest BCUT2D eigenvalue weighted by Gasteiger charge is -2.37. The van der Waals surface area contributed by atoms with E-state index in [-0.39, 0.29) is 12.0 Å². The van der Waals surface area contributed by atoms with Gasteiger partial charge in [0.15, 0.2) is 5.96 Å². The number of carbonyl (C=O) groups excluding carboxylic acids is 1. The number of likely N-dealkylation sites (N-methyl/N-ethyl adjacent to an activating group) is 1. The molecule has 0 aromatic heterocycles. The molecule has 3 saturated heterocycles. The van der Waals surface area contributed by atoms with Gasteiger partial charge in [-0.25, -0.2) is 0 Å². The van der Waals surface area contributed by atoms with E-state index in [1.165, 1.54) is 39.1 Å². The Morgan fingerprint density at radius 2 is 1.76 bits per heavy atom. The van der Waals surface area contributed by atoms with Crippen LogP contribution in [0.5, 0.6) is 0 Å². The first-order valence-corrected chi connectivity index (χ1v) is 11.5. The van der Waals surface area contributed by atoms with E-state index in [9.17, 15) is 4.79 Å². The van der Waals surface area contributed by atoms with Gasteiger partial charge in [-0.3, -0.25) is 9.79 Å². The van der Waals surface area contributed by atoms with Crippen molar-refractivity contribution in [3.8, 4) is 0 Å². The topological polar surface area (TPSA) is 63.7 Å². The fourth-order valence-corrected chi connectivity index (χ4v) is 4.24. The van der Waals surface area contributed by atoms with Gasteiger partial charge in [0.2, 0.25) is 0 Å². The molecule has 1 atom stereocenters. The summed E-state index contributed by atoms with van der Waals surface area (Å²) in [6.07, 6.45) is 4.00. The van der Waals surface area contributed by atoms with Crippen molar-refractivity contribution >= 4 is 11.9 Å². The van der Waals surface area contributed by atoms with E-state index in [4.69, 9.17) is 9.73 Å². The Hall–Kier alpha value is -1.38. The number of piperazine rings is 2. The molecule has 1 N–H and O–H groups in total. The van der Waals surface area contributed by atoms with E-state index < -0.39 is 0 Å². The molecule has 3 fully saturated rings. The van der Waals surface area contributed by atoms with Gasteiger partial charge in [0, 0.05) is 72.1 Å². The number of carbonyl (C=O) groups is 1. The average molecular weight is 409 g/mol. The van der Waals surface area contributed by atoms with Crippen LogP contribution in [0.1, 0.15) is 32.6 Å². The maximum Gasteiger partial charge on any atom is 0.251 e. The number of unbranched alkanes of at least 4 members (excludes halogenated alkanes) is 1. The minimum absolute atomic E-state index is 0.174. The van der Waals surface area contributed by atoms with E-state index in [0.29, 0.717) is 0 Å². The molecule has 3 rings (SSSR count). The van der Waals surface area contributed by atoms with Gasteiger partial charge in [0.05, 0.1) is 0 Å². The number of rotatable bonds is 7.